The van der Waals surface area contributed by atoms with Crippen LogP contribution in [0.15, 0.2) is 59.4 Å². The summed E-state index contributed by atoms with van der Waals surface area (Å²) < 4.78 is 5.59. The third kappa shape index (κ3) is 4.36. The third-order valence-corrected chi connectivity index (χ3v) is 3.81. The lowest BCUT2D eigenvalue weighted by Crippen LogP contribution is -2.20. The van der Waals surface area contributed by atoms with Crippen molar-refractivity contribution in [2.24, 2.45) is 0 Å². The van der Waals surface area contributed by atoms with E-state index in [1.54, 1.807) is 18.2 Å². The van der Waals surface area contributed by atoms with Crippen LogP contribution in [0, 0.1) is 13.8 Å². The van der Waals surface area contributed by atoms with E-state index in [9.17, 15) is 9.59 Å². The van der Waals surface area contributed by atoms with Crippen LogP contribution in [0.5, 0.6) is 5.75 Å². The molecule has 0 aliphatic heterocycles. The lowest BCUT2D eigenvalue weighted by Gasteiger charge is -2.11. The summed E-state index contributed by atoms with van der Waals surface area (Å²) in [6, 6.07) is 16.1. The van der Waals surface area contributed by atoms with Crippen LogP contribution in [-0.4, -0.2) is 22.7 Å². The maximum absolute atomic E-state index is 12.2. The van der Waals surface area contributed by atoms with Crippen molar-refractivity contribution in [3.05, 3.63) is 76.1 Å². The molecule has 0 aliphatic rings. The lowest BCUT2D eigenvalue weighted by molar-refractivity contribution is -0.118. The number of carbonyl (C=O) groups is 1. The number of rotatable bonds is 5. The Hall–Kier alpha value is -3.41. The summed E-state index contributed by atoms with van der Waals surface area (Å²) in [6.45, 7) is 3.87. The zero-order chi connectivity index (χ0) is 18.5. The van der Waals surface area contributed by atoms with Gasteiger partial charge in [0.1, 0.15) is 5.75 Å². The van der Waals surface area contributed by atoms with Crippen LogP contribution in [0.4, 0.5) is 5.69 Å². The molecule has 2 aromatic carbocycles. The molecule has 0 spiro atoms. The van der Waals surface area contributed by atoms with Crippen molar-refractivity contribution >= 4 is 11.6 Å². The molecule has 0 saturated heterocycles. The number of anilines is 1. The van der Waals surface area contributed by atoms with Gasteiger partial charge < -0.3 is 10.1 Å². The number of amides is 1. The fourth-order valence-corrected chi connectivity index (χ4v) is 2.56. The highest BCUT2D eigenvalue weighted by Gasteiger charge is 2.07. The highest BCUT2D eigenvalue weighted by atomic mass is 16.5. The van der Waals surface area contributed by atoms with Crippen LogP contribution >= 0.6 is 0 Å². The van der Waals surface area contributed by atoms with E-state index < -0.39 is 0 Å². The Kier molecular flexibility index (Phi) is 5.12. The van der Waals surface area contributed by atoms with E-state index in [2.05, 4.69) is 15.5 Å². The Balaban J connectivity index is 1.65. The van der Waals surface area contributed by atoms with Gasteiger partial charge in [0, 0.05) is 17.3 Å². The number of nitrogens with zero attached hydrogens (tertiary/aromatic N) is 1. The SMILES string of the molecule is Cc1ccc(OCC(=O)Nc2cccc(-c3ccc(=O)[nH]n3)c2)c(C)c1. The first-order valence-corrected chi connectivity index (χ1v) is 8.17. The maximum atomic E-state index is 12.2. The molecule has 26 heavy (non-hydrogen) atoms. The number of benzene rings is 2. The normalized spacial score (nSPS) is 10.4. The minimum atomic E-state index is -0.262. The Morgan fingerprint density at radius 1 is 1.12 bits per heavy atom. The number of aromatic amines is 1. The van der Waals surface area contributed by atoms with Gasteiger partial charge in [-0.15, -0.1) is 0 Å². The Labute approximate surface area is 150 Å². The molecule has 1 aromatic heterocycles. The molecule has 132 valence electrons. The van der Waals surface area contributed by atoms with Gasteiger partial charge in [-0.1, -0.05) is 29.8 Å². The van der Waals surface area contributed by atoms with Gasteiger partial charge in [0.25, 0.3) is 11.5 Å². The van der Waals surface area contributed by atoms with E-state index in [0.717, 1.165) is 16.7 Å². The molecule has 0 saturated carbocycles. The third-order valence-electron chi connectivity index (χ3n) is 3.81. The van der Waals surface area contributed by atoms with Gasteiger partial charge in [-0.25, -0.2) is 5.10 Å². The van der Waals surface area contributed by atoms with Gasteiger partial charge in [0.2, 0.25) is 0 Å². The predicted octanol–water partition coefficient (Wildman–Crippen LogP) is 3.07. The molecule has 3 rings (SSSR count). The smallest absolute Gasteiger partial charge is 0.264 e. The topological polar surface area (TPSA) is 84.1 Å². The molecule has 0 radical (unpaired) electrons. The molecule has 0 unspecified atom stereocenters. The zero-order valence-electron chi connectivity index (χ0n) is 14.6. The van der Waals surface area contributed by atoms with Crippen LogP contribution in [0.25, 0.3) is 11.3 Å². The number of nitrogens with one attached hydrogen (secondary N) is 2. The molecule has 0 bridgehead atoms. The highest BCUT2D eigenvalue weighted by molar-refractivity contribution is 5.92. The standard InChI is InChI=1S/C20H19N3O3/c1-13-6-8-18(14(2)10-13)26-12-20(25)21-16-5-3-4-15(11-16)17-7-9-19(24)23-22-17/h3-11H,12H2,1-2H3,(H,21,25)(H,23,24). The Morgan fingerprint density at radius 3 is 2.69 bits per heavy atom. The van der Waals surface area contributed by atoms with Crippen LogP contribution in [-0.2, 0) is 4.79 Å². The number of aryl methyl sites for hydroxylation is 2. The summed E-state index contributed by atoms with van der Waals surface area (Å²) in [6.07, 6.45) is 0. The number of ether oxygens (including phenoxy) is 1. The fourth-order valence-electron chi connectivity index (χ4n) is 2.56. The molecule has 0 aliphatic carbocycles. The van der Waals surface area contributed by atoms with Gasteiger partial charge in [0.05, 0.1) is 5.69 Å². The summed E-state index contributed by atoms with van der Waals surface area (Å²) in [4.78, 5) is 23.3. The van der Waals surface area contributed by atoms with Gasteiger partial charge in [-0.2, -0.15) is 5.10 Å². The molecule has 6 heteroatoms. The second kappa shape index (κ2) is 7.65. The molecule has 0 atom stereocenters. The fraction of sp³-hybridized carbons (Fsp3) is 0.150. The molecule has 1 amide bonds. The van der Waals surface area contributed by atoms with Gasteiger partial charge in [-0.3, -0.25) is 9.59 Å². The number of aromatic nitrogens is 2. The molecule has 1 heterocycles. The Morgan fingerprint density at radius 2 is 1.96 bits per heavy atom. The van der Waals surface area contributed by atoms with E-state index in [1.165, 1.54) is 6.07 Å². The molecule has 3 aromatic rings. The van der Waals surface area contributed by atoms with Crippen molar-refractivity contribution in [2.75, 3.05) is 11.9 Å². The van der Waals surface area contributed by atoms with Crippen LogP contribution in [0.3, 0.4) is 0 Å². The summed E-state index contributed by atoms with van der Waals surface area (Å²) >= 11 is 0. The first-order valence-electron chi connectivity index (χ1n) is 8.17. The zero-order valence-corrected chi connectivity index (χ0v) is 14.6. The van der Waals surface area contributed by atoms with E-state index in [0.29, 0.717) is 17.1 Å². The largest absolute Gasteiger partial charge is 0.483 e. The highest BCUT2D eigenvalue weighted by Crippen LogP contribution is 2.20. The van der Waals surface area contributed by atoms with Gasteiger partial charge in [0.15, 0.2) is 6.61 Å². The van der Waals surface area contributed by atoms with Crippen molar-refractivity contribution in [2.45, 2.75) is 13.8 Å². The summed E-state index contributed by atoms with van der Waals surface area (Å²) in [5.74, 6) is 0.438. The lowest BCUT2D eigenvalue weighted by atomic mass is 10.1. The van der Waals surface area contributed by atoms with Gasteiger partial charge in [-0.05, 0) is 43.7 Å². The molecule has 6 nitrogen and oxygen atoms in total. The minimum absolute atomic E-state index is 0.0783. The quantitative estimate of drug-likeness (QED) is 0.741. The molecule has 2 N–H and O–H groups in total. The number of hydrogen-bond donors (Lipinski definition) is 2. The Bertz CT molecular complexity index is 975. The van der Waals surface area contributed by atoms with Crippen molar-refractivity contribution in [3.63, 3.8) is 0 Å². The monoisotopic (exact) mass is 349 g/mol. The summed E-state index contributed by atoms with van der Waals surface area (Å²) in [5.41, 5.74) is 3.91. The minimum Gasteiger partial charge on any atom is -0.483 e. The molecule has 0 fully saturated rings. The molecular weight excluding hydrogens is 330 g/mol. The van der Waals surface area contributed by atoms with E-state index >= 15 is 0 Å². The van der Waals surface area contributed by atoms with E-state index in [1.807, 2.05) is 44.2 Å². The maximum Gasteiger partial charge on any atom is 0.264 e. The second-order valence-electron chi connectivity index (χ2n) is 5.99. The van der Waals surface area contributed by atoms with Crippen molar-refractivity contribution < 1.29 is 9.53 Å². The summed E-state index contributed by atoms with van der Waals surface area (Å²) in [5, 5.41) is 9.18. The predicted molar refractivity (Wildman–Crippen MR) is 100 cm³/mol. The number of hydrogen-bond acceptors (Lipinski definition) is 4. The van der Waals surface area contributed by atoms with Crippen LogP contribution in [0.1, 0.15) is 11.1 Å². The summed E-state index contributed by atoms with van der Waals surface area (Å²) in [7, 11) is 0. The van der Waals surface area contributed by atoms with E-state index in [4.69, 9.17) is 4.74 Å². The molecular formula is C20H19N3O3. The second-order valence-corrected chi connectivity index (χ2v) is 5.99. The number of H-pyrrole nitrogens is 1. The van der Waals surface area contributed by atoms with Crippen LogP contribution < -0.4 is 15.6 Å². The van der Waals surface area contributed by atoms with E-state index in [-0.39, 0.29) is 18.1 Å². The first-order chi connectivity index (χ1) is 12.5. The van der Waals surface area contributed by atoms with Crippen molar-refractivity contribution in [1.29, 1.82) is 0 Å². The first kappa shape index (κ1) is 17.4. The van der Waals surface area contributed by atoms with Crippen molar-refractivity contribution in [1.82, 2.24) is 10.2 Å². The average molecular weight is 349 g/mol. The van der Waals surface area contributed by atoms with Gasteiger partial charge >= 0.3 is 0 Å². The van der Waals surface area contributed by atoms with Crippen molar-refractivity contribution in [3.8, 4) is 17.0 Å². The average Bonchev–Trinajstić information content (AvgIpc) is 2.62. The van der Waals surface area contributed by atoms with Crippen LogP contribution in [0.2, 0.25) is 0 Å². The number of carbonyl (C=O) groups excluding carboxylic acids is 1.